The molecule has 142 valence electrons. The largest absolute Gasteiger partial charge is 0.464 e. The molecule has 0 radical (unpaired) electrons. The minimum Gasteiger partial charge on any atom is -0.464 e. The van der Waals surface area contributed by atoms with E-state index in [-0.39, 0.29) is 5.91 Å². The standard InChI is InChI=1S/C22H19FN2O3/c1-22(2)13-24(20(26)14-7-9-15(23)10-8-14)12-11-18-19(22)16-5-3-4-6-17(16)25(18)21(27)28/h3-12H,13H2,1-2H3,(H,27,28). The molecule has 6 heteroatoms. The third-order valence-corrected chi connectivity index (χ3v) is 5.11. The summed E-state index contributed by atoms with van der Waals surface area (Å²) in [5.74, 6) is -0.668. The zero-order valence-electron chi connectivity index (χ0n) is 15.5. The fourth-order valence-electron chi connectivity index (χ4n) is 3.95. The number of benzene rings is 2. The highest BCUT2D eigenvalue weighted by Crippen LogP contribution is 2.39. The van der Waals surface area contributed by atoms with Crippen molar-refractivity contribution in [2.45, 2.75) is 19.3 Å². The molecule has 0 fully saturated rings. The van der Waals surface area contributed by atoms with Crippen molar-refractivity contribution < 1.29 is 19.1 Å². The Hall–Kier alpha value is -3.41. The molecule has 3 aromatic rings. The maximum Gasteiger partial charge on any atom is 0.416 e. The quantitative estimate of drug-likeness (QED) is 0.667. The summed E-state index contributed by atoms with van der Waals surface area (Å²) in [5, 5.41) is 10.6. The molecule has 0 saturated heterocycles. The molecular formula is C22H19FN2O3. The Kier molecular flexibility index (Phi) is 4.07. The topological polar surface area (TPSA) is 62.5 Å². The molecule has 5 nitrogen and oxygen atoms in total. The third kappa shape index (κ3) is 2.78. The van der Waals surface area contributed by atoms with Crippen LogP contribution in [0, 0.1) is 5.82 Å². The molecule has 0 unspecified atom stereocenters. The van der Waals surface area contributed by atoms with E-state index in [1.807, 2.05) is 32.0 Å². The molecule has 1 aliphatic heterocycles. The zero-order valence-corrected chi connectivity index (χ0v) is 15.5. The Balaban J connectivity index is 1.85. The van der Waals surface area contributed by atoms with E-state index in [1.165, 1.54) is 28.8 Å². The fraction of sp³-hybridized carbons (Fsp3) is 0.182. The SMILES string of the molecule is CC1(C)CN(C(=O)c2ccc(F)cc2)C=Cc2c1c1ccccc1n2C(=O)O. The summed E-state index contributed by atoms with van der Waals surface area (Å²) in [5.41, 5.74) is 1.93. The summed E-state index contributed by atoms with van der Waals surface area (Å²) in [6, 6.07) is 12.8. The lowest BCUT2D eigenvalue weighted by Gasteiger charge is -2.29. The maximum absolute atomic E-state index is 13.2. The second kappa shape index (κ2) is 6.34. The highest BCUT2D eigenvalue weighted by molar-refractivity contribution is 5.98. The lowest BCUT2D eigenvalue weighted by Crippen LogP contribution is -2.36. The van der Waals surface area contributed by atoms with E-state index in [0.29, 0.717) is 23.3 Å². The number of aromatic nitrogens is 1. The highest BCUT2D eigenvalue weighted by atomic mass is 19.1. The van der Waals surface area contributed by atoms with E-state index in [2.05, 4.69) is 0 Å². The molecule has 2 heterocycles. The minimum absolute atomic E-state index is 0.263. The maximum atomic E-state index is 13.2. The van der Waals surface area contributed by atoms with Crippen LogP contribution in [-0.2, 0) is 5.41 Å². The molecule has 1 aromatic heterocycles. The Morgan fingerprint density at radius 3 is 2.43 bits per heavy atom. The van der Waals surface area contributed by atoms with Gasteiger partial charge in [0, 0.05) is 29.1 Å². The van der Waals surface area contributed by atoms with Gasteiger partial charge in [-0.05, 0) is 42.0 Å². The second-order valence-corrected chi connectivity index (χ2v) is 7.53. The zero-order chi connectivity index (χ0) is 20.1. The first-order chi connectivity index (χ1) is 13.3. The fourth-order valence-corrected chi connectivity index (χ4v) is 3.95. The first-order valence-corrected chi connectivity index (χ1v) is 8.91. The summed E-state index contributed by atoms with van der Waals surface area (Å²) >= 11 is 0. The molecule has 0 atom stereocenters. The van der Waals surface area contributed by atoms with Crippen LogP contribution in [0.4, 0.5) is 9.18 Å². The molecule has 4 rings (SSSR count). The summed E-state index contributed by atoms with van der Waals surface area (Å²) in [4.78, 5) is 26.4. The monoisotopic (exact) mass is 378 g/mol. The lowest BCUT2D eigenvalue weighted by atomic mass is 9.82. The average Bonchev–Trinajstić information content (AvgIpc) is 2.93. The van der Waals surface area contributed by atoms with Gasteiger partial charge in [-0.3, -0.25) is 4.79 Å². The van der Waals surface area contributed by atoms with E-state index < -0.39 is 17.3 Å². The van der Waals surface area contributed by atoms with Crippen LogP contribution >= 0.6 is 0 Å². The number of nitrogens with zero attached hydrogens (tertiary/aromatic N) is 2. The molecule has 0 bridgehead atoms. The normalized spacial score (nSPS) is 15.3. The van der Waals surface area contributed by atoms with Crippen LogP contribution < -0.4 is 0 Å². The summed E-state index contributed by atoms with van der Waals surface area (Å²) in [6.07, 6.45) is 2.20. The highest BCUT2D eigenvalue weighted by Gasteiger charge is 2.35. The van der Waals surface area contributed by atoms with E-state index in [4.69, 9.17) is 0 Å². The Labute approximate surface area is 161 Å². The number of carbonyl (C=O) groups is 2. The predicted molar refractivity (Wildman–Crippen MR) is 105 cm³/mol. The number of para-hydroxylation sites is 1. The van der Waals surface area contributed by atoms with Crippen molar-refractivity contribution in [2.75, 3.05) is 6.54 Å². The number of hydrogen-bond donors (Lipinski definition) is 1. The van der Waals surface area contributed by atoms with Crippen molar-refractivity contribution in [1.82, 2.24) is 9.47 Å². The van der Waals surface area contributed by atoms with Crippen molar-refractivity contribution in [3.8, 4) is 0 Å². The smallest absolute Gasteiger partial charge is 0.416 e. The van der Waals surface area contributed by atoms with E-state index in [0.717, 1.165) is 10.9 Å². The van der Waals surface area contributed by atoms with Gasteiger partial charge in [0.25, 0.3) is 5.91 Å². The Bertz CT molecular complexity index is 1130. The average molecular weight is 378 g/mol. The first-order valence-electron chi connectivity index (χ1n) is 8.91. The summed E-state index contributed by atoms with van der Waals surface area (Å²) < 4.78 is 14.4. The van der Waals surface area contributed by atoms with Gasteiger partial charge in [0.1, 0.15) is 5.82 Å². The van der Waals surface area contributed by atoms with Crippen LogP contribution in [-0.4, -0.2) is 33.1 Å². The van der Waals surface area contributed by atoms with Gasteiger partial charge in [0.05, 0.1) is 11.2 Å². The Morgan fingerprint density at radius 2 is 1.75 bits per heavy atom. The molecule has 0 aliphatic carbocycles. The van der Waals surface area contributed by atoms with Gasteiger partial charge < -0.3 is 10.0 Å². The number of carboxylic acid groups (broad SMARTS) is 1. The summed E-state index contributed by atoms with van der Waals surface area (Å²) in [6.45, 7) is 4.34. The predicted octanol–water partition coefficient (Wildman–Crippen LogP) is 4.71. The van der Waals surface area contributed by atoms with Gasteiger partial charge in [-0.1, -0.05) is 32.0 Å². The van der Waals surface area contributed by atoms with Crippen molar-refractivity contribution >= 4 is 29.0 Å². The number of rotatable bonds is 1. The second-order valence-electron chi connectivity index (χ2n) is 7.53. The van der Waals surface area contributed by atoms with Crippen LogP contribution in [0.5, 0.6) is 0 Å². The first kappa shape index (κ1) is 18.0. The van der Waals surface area contributed by atoms with E-state index >= 15 is 0 Å². The van der Waals surface area contributed by atoms with Crippen LogP contribution in [0.15, 0.2) is 54.7 Å². The van der Waals surface area contributed by atoms with Gasteiger partial charge in [-0.2, -0.15) is 0 Å². The van der Waals surface area contributed by atoms with Crippen LogP contribution in [0.3, 0.4) is 0 Å². The minimum atomic E-state index is -1.07. The number of fused-ring (bicyclic) bond motifs is 3. The molecule has 1 N–H and O–H groups in total. The van der Waals surface area contributed by atoms with Crippen molar-refractivity contribution in [3.05, 3.63) is 77.4 Å². The number of halogens is 1. The van der Waals surface area contributed by atoms with Crippen LogP contribution in [0.1, 0.15) is 35.5 Å². The van der Waals surface area contributed by atoms with Gasteiger partial charge in [0.2, 0.25) is 0 Å². The molecule has 2 aromatic carbocycles. The van der Waals surface area contributed by atoms with E-state index in [9.17, 15) is 19.1 Å². The van der Waals surface area contributed by atoms with Gasteiger partial charge in [0.15, 0.2) is 0 Å². The van der Waals surface area contributed by atoms with Crippen LogP contribution in [0.2, 0.25) is 0 Å². The molecule has 0 spiro atoms. The number of hydrogen-bond acceptors (Lipinski definition) is 2. The third-order valence-electron chi connectivity index (χ3n) is 5.11. The molecule has 1 amide bonds. The number of carbonyl (C=O) groups excluding carboxylic acids is 1. The van der Waals surface area contributed by atoms with Gasteiger partial charge in [-0.15, -0.1) is 0 Å². The van der Waals surface area contributed by atoms with Crippen molar-refractivity contribution in [3.63, 3.8) is 0 Å². The van der Waals surface area contributed by atoms with Gasteiger partial charge in [-0.25, -0.2) is 13.8 Å². The van der Waals surface area contributed by atoms with Crippen molar-refractivity contribution in [1.29, 1.82) is 0 Å². The number of amides is 1. The van der Waals surface area contributed by atoms with Crippen molar-refractivity contribution in [2.24, 2.45) is 0 Å². The lowest BCUT2D eigenvalue weighted by molar-refractivity contribution is 0.0801. The summed E-state index contributed by atoms with van der Waals surface area (Å²) in [7, 11) is 0. The molecule has 0 saturated carbocycles. The van der Waals surface area contributed by atoms with E-state index in [1.54, 1.807) is 23.2 Å². The Morgan fingerprint density at radius 1 is 1.07 bits per heavy atom. The van der Waals surface area contributed by atoms with Gasteiger partial charge >= 0.3 is 6.09 Å². The molecule has 1 aliphatic rings. The molecule has 28 heavy (non-hydrogen) atoms. The molecular weight excluding hydrogens is 359 g/mol. The van der Waals surface area contributed by atoms with Crippen LogP contribution in [0.25, 0.3) is 17.0 Å².